The van der Waals surface area contributed by atoms with Crippen LogP contribution in [0.1, 0.15) is 130 Å². The average molecular weight is 1020 g/mol. The van der Waals surface area contributed by atoms with E-state index in [1.807, 2.05) is 72.8 Å². The molecular weight excluding hydrogens is 956 g/mol. The Morgan fingerprint density at radius 2 is 1.47 bits per heavy atom. The number of hydrogen-bond donors (Lipinski definition) is 4. The van der Waals surface area contributed by atoms with Gasteiger partial charge in [0.15, 0.2) is 5.71 Å². The third-order valence-corrected chi connectivity index (χ3v) is 16.3. The van der Waals surface area contributed by atoms with Crippen molar-refractivity contribution in [3.05, 3.63) is 93.7 Å². The predicted molar refractivity (Wildman–Crippen MR) is 264 cm³/mol. The number of rotatable bonds is 22. The van der Waals surface area contributed by atoms with Crippen LogP contribution in [0.2, 0.25) is 0 Å². The number of aliphatic carboxylic acids is 1. The van der Waals surface area contributed by atoms with Crippen molar-refractivity contribution < 1.29 is 62.9 Å². The molecule has 0 saturated carbocycles. The largest absolute Gasteiger partial charge is 0.481 e. The SMILES string of the molecule is COCCC1(C)C(C=CC2=C(Cl)C(=CC=C3N(C(C)(C)CCOC(C)(C)C)c4ccc(S(=O)(=O)O)cc4C3(C)CCCS(=O)(=O)O)CCC2)=[N+](CCCCCC(=O)O)c2ccc(S(=O)(=O)O)cc21. The van der Waals surface area contributed by atoms with E-state index in [9.17, 15) is 48.8 Å². The van der Waals surface area contributed by atoms with Crippen LogP contribution in [0.4, 0.5) is 11.4 Å². The number of carbonyl (C=O) groups is 1. The molecule has 15 nitrogen and oxygen atoms in total. The van der Waals surface area contributed by atoms with Crippen molar-refractivity contribution in [2.75, 3.05) is 37.5 Å². The van der Waals surface area contributed by atoms with E-state index in [4.69, 9.17) is 21.1 Å². The van der Waals surface area contributed by atoms with Gasteiger partial charge in [0, 0.05) is 78.2 Å². The molecule has 5 rings (SSSR count). The topological polar surface area (TPSA) is 225 Å². The van der Waals surface area contributed by atoms with Gasteiger partial charge in [-0.05, 0) is 159 Å². The van der Waals surface area contributed by atoms with E-state index in [-0.39, 0.29) is 29.1 Å². The fourth-order valence-corrected chi connectivity index (χ4v) is 11.5. The van der Waals surface area contributed by atoms with Crippen LogP contribution in [0, 0.1) is 0 Å². The summed E-state index contributed by atoms with van der Waals surface area (Å²) in [7, 11) is -11.9. The van der Waals surface area contributed by atoms with E-state index < -0.39 is 64.0 Å². The van der Waals surface area contributed by atoms with Crippen LogP contribution < -0.4 is 4.90 Å². The van der Waals surface area contributed by atoms with Gasteiger partial charge in [-0.15, -0.1) is 0 Å². The maximum atomic E-state index is 12.5. The highest BCUT2D eigenvalue weighted by Gasteiger charge is 2.50. The number of methoxy groups -OCH3 is 1. The van der Waals surface area contributed by atoms with Crippen molar-refractivity contribution in [1.82, 2.24) is 0 Å². The van der Waals surface area contributed by atoms with Crippen LogP contribution in [0.25, 0.3) is 0 Å². The molecule has 2 aromatic rings. The van der Waals surface area contributed by atoms with Crippen LogP contribution in [0.5, 0.6) is 0 Å². The van der Waals surface area contributed by atoms with Gasteiger partial charge in [-0.3, -0.25) is 18.5 Å². The summed E-state index contributed by atoms with van der Waals surface area (Å²) in [5.74, 6) is -1.38. The van der Waals surface area contributed by atoms with Gasteiger partial charge < -0.3 is 19.5 Å². The van der Waals surface area contributed by atoms with Crippen molar-refractivity contribution >= 4 is 65.0 Å². The lowest BCUT2D eigenvalue weighted by Crippen LogP contribution is -2.45. The summed E-state index contributed by atoms with van der Waals surface area (Å²) in [6.07, 6.45) is 13.0. The zero-order chi connectivity index (χ0) is 50.7. The summed E-state index contributed by atoms with van der Waals surface area (Å²) >= 11 is 7.34. The van der Waals surface area contributed by atoms with Crippen molar-refractivity contribution in [2.45, 2.75) is 151 Å². The molecule has 2 unspecified atom stereocenters. The molecule has 19 heteroatoms. The lowest BCUT2D eigenvalue weighted by atomic mass is 9.76. The summed E-state index contributed by atoms with van der Waals surface area (Å²) in [4.78, 5) is 12.8. The Kier molecular flexibility index (Phi) is 17.3. The first-order chi connectivity index (χ1) is 31.4. The van der Waals surface area contributed by atoms with E-state index in [2.05, 4.69) is 9.48 Å². The number of fused-ring (bicyclic) bond motifs is 2. The molecule has 4 N–H and O–H groups in total. The van der Waals surface area contributed by atoms with Gasteiger partial charge >= 0.3 is 5.97 Å². The molecule has 3 aliphatic rings. The Bertz CT molecular complexity index is 2750. The van der Waals surface area contributed by atoms with Gasteiger partial charge in [0.2, 0.25) is 5.69 Å². The van der Waals surface area contributed by atoms with Crippen LogP contribution in [-0.4, -0.2) is 104 Å². The molecule has 0 bridgehead atoms. The smallest absolute Gasteiger partial charge is 0.303 e. The number of anilines is 1. The van der Waals surface area contributed by atoms with Crippen LogP contribution in [-0.2, 0) is 55.5 Å². The van der Waals surface area contributed by atoms with Crippen molar-refractivity contribution in [3.8, 4) is 0 Å². The van der Waals surface area contributed by atoms with E-state index in [1.165, 1.54) is 24.3 Å². The minimum Gasteiger partial charge on any atom is -0.481 e. The quantitative estimate of drug-likeness (QED) is 0.0490. The van der Waals surface area contributed by atoms with Gasteiger partial charge in [0.25, 0.3) is 30.4 Å². The maximum absolute atomic E-state index is 12.5. The molecule has 2 aliphatic heterocycles. The lowest BCUT2D eigenvalue weighted by molar-refractivity contribution is -0.438. The molecular formula is C49H68ClN2O13S3+. The highest BCUT2D eigenvalue weighted by molar-refractivity contribution is 7.86. The van der Waals surface area contributed by atoms with E-state index in [0.717, 1.165) is 34.7 Å². The van der Waals surface area contributed by atoms with Gasteiger partial charge in [-0.25, -0.2) is 0 Å². The highest BCUT2D eigenvalue weighted by Crippen LogP contribution is 2.54. The molecule has 0 saturated heterocycles. The Morgan fingerprint density at radius 1 is 0.824 bits per heavy atom. The zero-order valence-electron chi connectivity index (χ0n) is 40.3. The molecule has 2 aromatic carbocycles. The highest BCUT2D eigenvalue weighted by atomic mass is 35.5. The first-order valence-corrected chi connectivity index (χ1v) is 27.8. The second-order valence-electron chi connectivity index (χ2n) is 20.0. The van der Waals surface area contributed by atoms with Crippen LogP contribution >= 0.6 is 11.6 Å². The third kappa shape index (κ3) is 13.2. The number of halogens is 1. The third-order valence-electron chi connectivity index (χ3n) is 13.3. The summed E-state index contributed by atoms with van der Waals surface area (Å²) in [6, 6.07) is 8.99. The van der Waals surface area contributed by atoms with E-state index in [0.29, 0.717) is 86.6 Å². The monoisotopic (exact) mass is 1020 g/mol. The minimum atomic E-state index is -4.62. The Morgan fingerprint density at radius 3 is 2.07 bits per heavy atom. The van der Waals surface area contributed by atoms with Crippen molar-refractivity contribution in [3.63, 3.8) is 0 Å². The Labute approximate surface area is 407 Å². The summed E-state index contributed by atoms with van der Waals surface area (Å²) in [5, 5.41) is 9.74. The van der Waals surface area contributed by atoms with E-state index >= 15 is 0 Å². The minimum absolute atomic E-state index is 0.0400. The number of carboxylic acid groups (broad SMARTS) is 1. The Hall–Kier alpha value is -3.72. The molecule has 0 spiro atoms. The summed E-state index contributed by atoms with van der Waals surface area (Å²) in [5.41, 5.74) is 3.11. The molecule has 2 heterocycles. The van der Waals surface area contributed by atoms with Crippen molar-refractivity contribution in [2.24, 2.45) is 0 Å². The number of carboxylic acids is 1. The first-order valence-electron chi connectivity index (χ1n) is 22.9. The molecule has 0 radical (unpaired) electrons. The summed E-state index contributed by atoms with van der Waals surface area (Å²) in [6.45, 7) is 15.1. The second kappa shape index (κ2) is 21.3. The van der Waals surface area contributed by atoms with Gasteiger partial charge in [0.05, 0.1) is 26.6 Å². The maximum Gasteiger partial charge on any atom is 0.303 e. The number of unbranched alkanes of at least 4 members (excludes halogenated alkanes) is 2. The number of benzene rings is 2. The van der Waals surface area contributed by atoms with Gasteiger partial charge in [0.1, 0.15) is 6.54 Å². The first kappa shape index (κ1) is 55.2. The second-order valence-corrected chi connectivity index (χ2v) is 24.8. The average Bonchev–Trinajstić information content (AvgIpc) is 3.60. The predicted octanol–water partition coefficient (Wildman–Crippen LogP) is 9.69. The fourth-order valence-electron chi connectivity index (χ4n) is 9.62. The molecule has 1 aliphatic carbocycles. The molecule has 0 fully saturated rings. The number of allylic oxidation sites excluding steroid dienone is 8. The molecule has 376 valence electrons. The molecule has 68 heavy (non-hydrogen) atoms. The lowest BCUT2D eigenvalue weighted by Gasteiger charge is -2.42. The normalized spacial score (nSPS) is 21.7. The van der Waals surface area contributed by atoms with Gasteiger partial charge in [-0.2, -0.15) is 29.8 Å². The zero-order valence-corrected chi connectivity index (χ0v) is 43.5. The Balaban J connectivity index is 1.65. The molecule has 0 amide bonds. The molecule has 0 aromatic heterocycles. The fraction of sp³-hybridized carbons (Fsp3) is 0.551. The van der Waals surface area contributed by atoms with Crippen LogP contribution in [0.15, 0.2) is 92.4 Å². The van der Waals surface area contributed by atoms with Crippen molar-refractivity contribution in [1.29, 1.82) is 0 Å². The summed E-state index contributed by atoms with van der Waals surface area (Å²) < 4.78 is 118. The number of ether oxygens (including phenoxy) is 2. The standard InChI is InChI=1S/C49H67ClN2O13S3/c1-46(2,3)65-30-26-47(4,5)52-41-22-20-37(68(61,62)63)33-39(41)48(6,25-13-31-66(55,56)57)43(52)24-18-35-15-12-14-34(45(35)50)17-23-42-49(7,27-29-64-8)38-32-36(67(58,59)60)19-21-40(38)51(42)28-11-9-10-16-44(53)54/h17-24,32-33H,9-16,25-31H2,1-8H3,(H3-,53,54,55,56,57,58,59,60,61,62,63)/p+1. The van der Waals surface area contributed by atoms with E-state index in [1.54, 1.807) is 19.2 Å². The number of nitrogens with zero attached hydrogens (tertiary/aromatic N) is 2. The van der Waals surface area contributed by atoms with Gasteiger partial charge in [-0.1, -0.05) is 23.8 Å². The number of hydrogen-bond acceptors (Lipinski definition) is 10. The van der Waals surface area contributed by atoms with Crippen LogP contribution in [0.3, 0.4) is 0 Å². The molecule has 2 atom stereocenters.